The molecule has 0 unspecified atom stereocenters. The van der Waals surface area contributed by atoms with E-state index in [1.165, 1.54) is 63.1 Å². The summed E-state index contributed by atoms with van der Waals surface area (Å²) in [6.45, 7) is 2.24. The zero-order valence-electron chi connectivity index (χ0n) is 13.2. The van der Waals surface area contributed by atoms with E-state index in [9.17, 15) is 0 Å². The van der Waals surface area contributed by atoms with Gasteiger partial charge in [-0.1, -0.05) is 19.3 Å². The van der Waals surface area contributed by atoms with E-state index in [1.54, 1.807) is 0 Å². The van der Waals surface area contributed by atoms with Crippen molar-refractivity contribution in [3.05, 3.63) is 24.4 Å². The molecule has 4 nitrogen and oxygen atoms in total. The fourth-order valence-electron chi connectivity index (χ4n) is 3.84. The zero-order chi connectivity index (χ0) is 14.9. The molecule has 2 aromatic rings. The quantitative estimate of drug-likeness (QED) is 0.854. The first-order chi connectivity index (χ1) is 10.8. The molecule has 0 atom stereocenters. The lowest BCUT2D eigenvalue weighted by molar-refractivity contribution is 0.468. The third kappa shape index (κ3) is 2.55. The maximum atomic E-state index is 6.32. The Hall–Kier alpha value is -1.71. The van der Waals surface area contributed by atoms with Crippen molar-refractivity contribution in [1.82, 2.24) is 9.78 Å². The van der Waals surface area contributed by atoms with E-state index in [-0.39, 0.29) is 0 Å². The smallest absolute Gasteiger partial charge is 0.0945 e. The second-order valence-electron chi connectivity index (χ2n) is 6.72. The first-order valence-corrected chi connectivity index (χ1v) is 8.70. The fraction of sp³-hybridized carbons (Fsp3) is 0.556. The normalized spacial score (nSPS) is 20.6. The van der Waals surface area contributed by atoms with Gasteiger partial charge < -0.3 is 10.6 Å². The van der Waals surface area contributed by atoms with E-state index in [2.05, 4.69) is 27.9 Å². The Morgan fingerprint density at radius 2 is 1.64 bits per heavy atom. The minimum Gasteiger partial charge on any atom is -0.397 e. The predicted octanol–water partition coefficient (Wildman–Crippen LogP) is 3.95. The molecule has 117 valence electrons. The Balaban J connectivity index is 1.67. The van der Waals surface area contributed by atoms with Crippen LogP contribution in [0, 0.1) is 6.04 Å². The number of benzene rings is 1. The maximum Gasteiger partial charge on any atom is 0.0945 e. The molecule has 1 saturated carbocycles. The largest absolute Gasteiger partial charge is 0.397 e. The first-order valence-electron chi connectivity index (χ1n) is 8.70. The van der Waals surface area contributed by atoms with Crippen LogP contribution in [0.4, 0.5) is 11.4 Å². The number of hydrogen-bond acceptors (Lipinski definition) is 3. The van der Waals surface area contributed by atoms with Crippen LogP contribution in [0.5, 0.6) is 0 Å². The van der Waals surface area contributed by atoms with Crippen LogP contribution < -0.4 is 10.6 Å². The number of fused-ring (bicyclic) bond motifs is 1. The number of nitrogens with two attached hydrogens (primary N) is 1. The molecule has 1 radical (unpaired) electrons. The van der Waals surface area contributed by atoms with Gasteiger partial charge in [-0.3, -0.25) is 4.68 Å². The lowest BCUT2D eigenvalue weighted by Crippen LogP contribution is -2.29. The maximum absolute atomic E-state index is 6.32. The van der Waals surface area contributed by atoms with Gasteiger partial charge in [0.2, 0.25) is 0 Å². The van der Waals surface area contributed by atoms with Crippen LogP contribution in [-0.4, -0.2) is 22.9 Å². The van der Waals surface area contributed by atoms with E-state index in [0.717, 1.165) is 29.7 Å². The third-order valence-electron chi connectivity index (χ3n) is 5.10. The molecule has 1 aromatic carbocycles. The summed E-state index contributed by atoms with van der Waals surface area (Å²) in [5, 5.41) is 5.99. The molecule has 22 heavy (non-hydrogen) atoms. The summed E-state index contributed by atoms with van der Waals surface area (Å²) in [4.78, 5) is 2.42. The predicted molar refractivity (Wildman–Crippen MR) is 91.9 cm³/mol. The summed E-state index contributed by atoms with van der Waals surface area (Å²) in [6, 6.07) is 5.75. The van der Waals surface area contributed by atoms with Crippen LogP contribution in [-0.2, 0) is 0 Å². The Morgan fingerprint density at radius 1 is 0.909 bits per heavy atom. The average molecular weight is 297 g/mol. The third-order valence-corrected chi connectivity index (χ3v) is 5.10. The zero-order valence-corrected chi connectivity index (χ0v) is 13.2. The van der Waals surface area contributed by atoms with Gasteiger partial charge >= 0.3 is 0 Å². The molecule has 0 bridgehead atoms. The molecular weight excluding hydrogens is 272 g/mol. The highest BCUT2D eigenvalue weighted by atomic mass is 15.3. The lowest BCUT2D eigenvalue weighted by atomic mass is 9.96. The standard InChI is InChI=1S/C18H25N4/c19-16-11-14-13-22(15-7-3-1-4-8-15)20-17(14)12-18(16)21-9-5-2-6-10-21/h11-13H,1-10,19H2. The molecule has 1 aliphatic heterocycles. The molecule has 2 aliphatic rings. The number of rotatable bonds is 2. The van der Waals surface area contributed by atoms with Crippen molar-refractivity contribution in [3.63, 3.8) is 0 Å². The van der Waals surface area contributed by atoms with E-state index >= 15 is 0 Å². The van der Waals surface area contributed by atoms with Crippen molar-refractivity contribution in [2.24, 2.45) is 0 Å². The van der Waals surface area contributed by atoms with Crippen LogP contribution in [0.1, 0.15) is 51.4 Å². The Labute approximate surface area is 132 Å². The van der Waals surface area contributed by atoms with Gasteiger partial charge in [-0.2, -0.15) is 5.10 Å². The van der Waals surface area contributed by atoms with Gasteiger partial charge in [0.15, 0.2) is 0 Å². The van der Waals surface area contributed by atoms with Gasteiger partial charge in [0.25, 0.3) is 0 Å². The second-order valence-corrected chi connectivity index (χ2v) is 6.72. The molecule has 1 saturated heterocycles. The van der Waals surface area contributed by atoms with Crippen molar-refractivity contribution in [2.45, 2.75) is 51.4 Å². The highest BCUT2D eigenvalue weighted by Crippen LogP contribution is 2.33. The van der Waals surface area contributed by atoms with Crippen molar-refractivity contribution in [3.8, 4) is 0 Å². The van der Waals surface area contributed by atoms with E-state index in [1.807, 2.05) is 0 Å². The van der Waals surface area contributed by atoms with Crippen molar-refractivity contribution >= 4 is 22.3 Å². The highest BCUT2D eigenvalue weighted by molar-refractivity contribution is 5.89. The number of aromatic nitrogens is 2. The molecule has 2 fully saturated rings. The number of piperidine rings is 1. The second kappa shape index (κ2) is 5.82. The Morgan fingerprint density at radius 3 is 2.41 bits per heavy atom. The summed E-state index contributed by atoms with van der Waals surface area (Å²) in [6.07, 6.45) is 12.4. The molecule has 2 heterocycles. The minimum absolute atomic E-state index is 0.891. The summed E-state index contributed by atoms with van der Waals surface area (Å²) < 4.78 is 2.11. The van der Waals surface area contributed by atoms with Gasteiger partial charge in [0.1, 0.15) is 0 Å². The van der Waals surface area contributed by atoms with Crippen LogP contribution in [0.15, 0.2) is 18.3 Å². The fourth-order valence-corrected chi connectivity index (χ4v) is 3.84. The van der Waals surface area contributed by atoms with Crippen molar-refractivity contribution in [1.29, 1.82) is 0 Å². The molecular formula is C18H25N4. The van der Waals surface area contributed by atoms with Gasteiger partial charge in [0, 0.05) is 24.7 Å². The SMILES string of the molecule is Nc1cc2cn([C]3CCCCC3)nc2cc1N1CCCCC1. The number of nitrogens with zero attached hydrogens (tertiary/aromatic N) is 3. The summed E-state index contributed by atoms with van der Waals surface area (Å²) in [5.74, 6) is 0. The molecule has 1 aromatic heterocycles. The van der Waals surface area contributed by atoms with Crippen LogP contribution in [0.3, 0.4) is 0 Å². The first kappa shape index (κ1) is 13.9. The Kier molecular flexibility index (Phi) is 3.68. The number of nitrogen functional groups attached to an aromatic ring is 1. The summed E-state index contributed by atoms with van der Waals surface area (Å²) in [5.41, 5.74) is 9.46. The van der Waals surface area contributed by atoms with Crippen LogP contribution in [0.25, 0.3) is 10.9 Å². The van der Waals surface area contributed by atoms with E-state index in [0.29, 0.717) is 0 Å². The highest BCUT2D eigenvalue weighted by Gasteiger charge is 2.19. The average Bonchev–Trinajstić information content (AvgIpc) is 2.98. The number of hydrogen-bond donors (Lipinski definition) is 1. The van der Waals surface area contributed by atoms with Crippen molar-refractivity contribution in [2.75, 3.05) is 23.7 Å². The molecule has 2 N–H and O–H groups in total. The molecule has 0 spiro atoms. The van der Waals surface area contributed by atoms with Gasteiger partial charge in [-0.05, 0) is 44.2 Å². The van der Waals surface area contributed by atoms with Gasteiger partial charge in [-0.15, -0.1) is 0 Å². The summed E-state index contributed by atoms with van der Waals surface area (Å²) in [7, 11) is 0. The van der Waals surface area contributed by atoms with E-state index in [4.69, 9.17) is 10.8 Å². The molecule has 4 heteroatoms. The van der Waals surface area contributed by atoms with Crippen molar-refractivity contribution < 1.29 is 0 Å². The molecule has 0 amide bonds. The van der Waals surface area contributed by atoms with E-state index < -0.39 is 0 Å². The van der Waals surface area contributed by atoms with Crippen LogP contribution >= 0.6 is 0 Å². The topological polar surface area (TPSA) is 47.1 Å². The van der Waals surface area contributed by atoms with Gasteiger partial charge in [0.05, 0.1) is 22.9 Å². The molecule has 1 aliphatic carbocycles. The summed E-state index contributed by atoms with van der Waals surface area (Å²) >= 11 is 0. The Bertz CT molecular complexity index is 648. The van der Waals surface area contributed by atoms with Crippen LogP contribution in [0.2, 0.25) is 0 Å². The minimum atomic E-state index is 0.891. The number of anilines is 2. The van der Waals surface area contributed by atoms with Gasteiger partial charge in [-0.25, -0.2) is 0 Å². The molecule has 4 rings (SSSR count). The lowest BCUT2D eigenvalue weighted by Gasteiger charge is -2.29. The monoisotopic (exact) mass is 297 g/mol.